The minimum atomic E-state index is -1.14. The number of aliphatic hydroxyl groups excluding tert-OH is 1. The van der Waals surface area contributed by atoms with Crippen LogP contribution in [0.15, 0.2) is 23.3 Å². The van der Waals surface area contributed by atoms with E-state index in [0.29, 0.717) is 24.8 Å². The van der Waals surface area contributed by atoms with Gasteiger partial charge in [-0.3, -0.25) is 9.59 Å². The van der Waals surface area contributed by atoms with Crippen LogP contribution in [0, 0.1) is 0 Å². The second kappa shape index (κ2) is 13.4. The van der Waals surface area contributed by atoms with Gasteiger partial charge in [0.25, 0.3) is 0 Å². The summed E-state index contributed by atoms with van der Waals surface area (Å²) < 4.78 is 11.1. The quantitative estimate of drug-likeness (QED) is 0.219. The van der Waals surface area contributed by atoms with Crippen LogP contribution in [0.1, 0.15) is 77.6 Å². The fourth-order valence-electron chi connectivity index (χ4n) is 4.21. The summed E-state index contributed by atoms with van der Waals surface area (Å²) in [6, 6.07) is 0. The van der Waals surface area contributed by atoms with Crippen LogP contribution in [-0.2, 0) is 19.1 Å². The normalized spacial score (nSPS) is 26.7. The number of halogens is 1. The van der Waals surface area contributed by atoms with Crippen molar-refractivity contribution >= 4 is 23.3 Å². The lowest BCUT2D eigenvalue weighted by Crippen LogP contribution is -2.42. The molecular weight excluding hydrogens is 418 g/mol. The zero-order valence-corrected chi connectivity index (χ0v) is 19.7. The first-order chi connectivity index (χ1) is 15.0. The highest BCUT2D eigenvalue weighted by molar-refractivity contribution is 6.26. The van der Waals surface area contributed by atoms with Gasteiger partial charge in [-0.2, -0.15) is 0 Å². The predicted molar refractivity (Wildman–Crippen MR) is 122 cm³/mol. The molecule has 1 saturated heterocycles. The van der Waals surface area contributed by atoms with Gasteiger partial charge in [0.15, 0.2) is 11.4 Å². The number of unbranched alkanes of at least 4 members (excludes halogenated alkanes) is 4. The highest BCUT2D eigenvalue weighted by atomic mass is 35.5. The number of rotatable bonds is 15. The van der Waals surface area contributed by atoms with Crippen molar-refractivity contribution < 1.29 is 24.2 Å². The number of hydrogen-bond acceptors (Lipinski definition) is 5. The van der Waals surface area contributed by atoms with Gasteiger partial charge in [-0.25, -0.2) is 0 Å². The first-order valence-electron chi connectivity index (χ1n) is 11.6. The van der Waals surface area contributed by atoms with Crippen molar-refractivity contribution in [1.29, 1.82) is 0 Å². The smallest absolute Gasteiger partial charge is 0.220 e. The van der Waals surface area contributed by atoms with Gasteiger partial charge < -0.3 is 19.9 Å². The van der Waals surface area contributed by atoms with Crippen LogP contribution in [0.4, 0.5) is 0 Å². The lowest BCUT2D eigenvalue weighted by Gasteiger charge is -2.22. The van der Waals surface area contributed by atoms with Crippen LogP contribution in [0.25, 0.3) is 0 Å². The van der Waals surface area contributed by atoms with Crippen LogP contribution in [0.5, 0.6) is 0 Å². The average molecular weight is 456 g/mol. The first kappa shape index (κ1) is 26.0. The molecule has 0 bridgehead atoms. The number of carbonyl (C=O) groups excluding carboxylic acids is 2. The van der Waals surface area contributed by atoms with Crippen molar-refractivity contribution in [3.8, 4) is 0 Å². The number of epoxide rings is 1. The lowest BCUT2D eigenvalue weighted by atomic mass is 9.81. The van der Waals surface area contributed by atoms with Crippen molar-refractivity contribution in [1.82, 2.24) is 5.32 Å². The molecule has 1 heterocycles. The summed E-state index contributed by atoms with van der Waals surface area (Å²) in [5, 5.41) is 12.8. The van der Waals surface area contributed by atoms with Crippen molar-refractivity contribution in [3.63, 3.8) is 0 Å². The number of amides is 1. The maximum atomic E-state index is 12.3. The SMILES string of the molecule is CCCCCCCC(CC=CCCC(=O)NCC(=CCl)C12OC1C(O)CCC2=O)OC. The van der Waals surface area contributed by atoms with Crippen LogP contribution >= 0.6 is 11.6 Å². The molecule has 0 radical (unpaired) electrons. The molecule has 0 aromatic rings. The Labute approximate surface area is 191 Å². The van der Waals surface area contributed by atoms with Gasteiger partial charge in [-0.05, 0) is 25.7 Å². The van der Waals surface area contributed by atoms with Gasteiger partial charge in [0.05, 0.1) is 12.2 Å². The van der Waals surface area contributed by atoms with Gasteiger partial charge >= 0.3 is 0 Å². The zero-order chi connectivity index (χ0) is 22.7. The van der Waals surface area contributed by atoms with E-state index in [1.807, 2.05) is 6.08 Å². The second-order valence-electron chi connectivity index (χ2n) is 8.52. The molecule has 0 aromatic carbocycles. The highest BCUT2D eigenvalue weighted by Crippen LogP contribution is 2.50. The number of ketones is 1. The monoisotopic (exact) mass is 455 g/mol. The number of hydrogen-bond donors (Lipinski definition) is 2. The topological polar surface area (TPSA) is 88.2 Å². The number of allylic oxidation sites excluding steroid dienone is 1. The Hall–Kier alpha value is -1.21. The number of aliphatic hydroxyl groups is 1. The summed E-state index contributed by atoms with van der Waals surface area (Å²) in [7, 11) is 1.75. The van der Waals surface area contributed by atoms with Gasteiger partial charge in [0.2, 0.25) is 5.91 Å². The Balaban J connectivity index is 1.64. The molecule has 6 nitrogen and oxygen atoms in total. The molecule has 1 aliphatic heterocycles. The summed E-state index contributed by atoms with van der Waals surface area (Å²) >= 11 is 5.91. The van der Waals surface area contributed by atoms with Crippen molar-refractivity contribution in [3.05, 3.63) is 23.3 Å². The fraction of sp³-hybridized carbons (Fsp3) is 0.750. The minimum absolute atomic E-state index is 0.0788. The Bertz CT molecular complexity index is 650. The first-order valence-corrected chi connectivity index (χ1v) is 12.1. The Morgan fingerprint density at radius 2 is 2.13 bits per heavy atom. The van der Waals surface area contributed by atoms with E-state index in [0.717, 1.165) is 12.8 Å². The highest BCUT2D eigenvalue weighted by Gasteiger charge is 2.68. The van der Waals surface area contributed by atoms with Gasteiger partial charge in [0, 0.05) is 37.6 Å². The Kier molecular flexibility index (Phi) is 11.2. The molecule has 0 spiro atoms. The van der Waals surface area contributed by atoms with E-state index in [4.69, 9.17) is 21.1 Å². The second-order valence-corrected chi connectivity index (χ2v) is 8.74. The summed E-state index contributed by atoms with van der Waals surface area (Å²) in [6.07, 6.45) is 13.0. The van der Waals surface area contributed by atoms with Crippen LogP contribution in [0.3, 0.4) is 0 Å². The standard InChI is InChI=1S/C24H38ClNO5/c1-3-4-5-6-8-11-19(30-2)12-9-7-10-13-22(29)26-17-18(16-25)24-21(28)15-14-20(27)23(24)31-24/h7,9,16,19-20,23,27H,3-6,8,10-15,17H2,1-2H3,(H,26,29). The lowest BCUT2D eigenvalue weighted by molar-refractivity contribution is -0.124. The third-order valence-electron chi connectivity index (χ3n) is 6.24. The molecule has 4 unspecified atom stereocenters. The van der Waals surface area contributed by atoms with Crippen LogP contribution in [0.2, 0.25) is 0 Å². The maximum Gasteiger partial charge on any atom is 0.220 e. The number of ether oxygens (including phenoxy) is 2. The average Bonchev–Trinajstić information content (AvgIpc) is 3.53. The molecule has 2 fully saturated rings. The summed E-state index contributed by atoms with van der Waals surface area (Å²) in [5.41, 5.74) is 0.662. The molecule has 2 aliphatic rings. The molecule has 7 heteroatoms. The minimum Gasteiger partial charge on any atom is -0.390 e. The summed E-state index contributed by atoms with van der Waals surface area (Å²) in [4.78, 5) is 24.5. The predicted octanol–water partition coefficient (Wildman–Crippen LogP) is 4.19. The molecule has 1 aliphatic carbocycles. The van der Waals surface area contributed by atoms with Gasteiger partial charge in [0.1, 0.15) is 6.10 Å². The number of Topliss-reactive ketones (excluding diaryl/α,β-unsaturated/α-hetero) is 1. The molecular formula is C24H38ClNO5. The van der Waals surface area contributed by atoms with E-state index < -0.39 is 17.8 Å². The van der Waals surface area contributed by atoms with Crippen molar-refractivity contribution in [2.24, 2.45) is 0 Å². The Morgan fingerprint density at radius 1 is 1.35 bits per heavy atom. The Morgan fingerprint density at radius 3 is 2.84 bits per heavy atom. The molecule has 176 valence electrons. The summed E-state index contributed by atoms with van der Waals surface area (Å²) in [5.74, 6) is -0.192. The van der Waals surface area contributed by atoms with E-state index in [1.54, 1.807) is 7.11 Å². The maximum absolute atomic E-state index is 12.3. The van der Waals surface area contributed by atoms with E-state index >= 15 is 0 Å². The molecule has 1 saturated carbocycles. The molecule has 0 aromatic heterocycles. The third kappa shape index (κ3) is 7.41. The number of fused-ring (bicyclic) bond motifs is 1. The van der Waals surface area contributed by atoms with Crippen molar-refractivity contribution in [2.45, 2.75) is 101 Å². The van der Waals surface area contributed by atoms with Crippen LogP contribution < -0.4 is 5.32 Å². The van der Waals surface area contributed by atoms with E-state index in [1.165, 1.54) is 37.6 Å². The molecule has 1 amide bonds. The summed E-state index contributed by atoms with van der Waals surface area (Å²) in [6.45, 7) is 2.36. The van der Waals surface area contributed by atoms with Crippen LogP contribution in [-0.4, -0.2) is 54.4 Å². The molecule has 2 rings (SSSR count). The van der Waals surface area contributed by atoms with Gasteiger partial charge in [-0.1, -0.05) is 62.8 Å². The molecule has 31 heavy (non-hydrogen) atoms. The number of methoxy groups -OCH3 is 1. The van der Waals surface area contributed by atoms with E-state index in [9.17, 15) is 14.7 Å². The third-order valence-corrected chi connectivity index (χ3v) is 6.50. The van der Waals surface area contributed by atoms with Crippen molar-refractivity contribution in [2.75, 3.05) is 13.7 Å². The van der Waals surface area contributed by atoms with E-state index in [-0.39, 0.29) is 30.8 Å². The number of nitrogens with one attached hydrogen (secondary N) is 1. The molecule has 2 N–H and O–H groups in total. The molecule has 4 atom stereocenters. The van der Waals surface area contributed by atoms with Gasteiger partial charge in [-0.15, -0.1) is 0 Å². The number of carbonyl (C=O) groups is 2. The zero-order valence-electron chi connectivity index (χ0n) is 18.9. The largest absolute Gasteiger partial charge is 0.390 e. The fourth-order valence-corrected chi connectivity index (χ4v) is 4.45. The van der Waals surface area contributed by atoms with E-state index in [2.05, 4.69) is 18.3 Å².